The van der Waals surface area contributed by atoms with Crippen LogP contribution in [-0.2, 0) is 14.3 Å². The Morgan fingerprint density at radius 2 is 1.58 bits per heavy atom. The van der Waals surface area contributed by atoms with Crippen molar-refractivity contribution < 1.29 is 14.3 Å². The van der Waals surface area contributed by atoms with Crippen LogP contribution in [-0.4, -0.2) is 55.1 Å². The first-order valence-corrected chi connectivity index (χ1v) is 18.0. The number of nitrogens with zero attached hydrogens (tertiary/aromatic N) is 2. The number of morpholine rings is 1. The molecule has 0 aromatic carbocycles. The number of nitroso groups, excluding NO2 is 1. The molecule has 6 aliphatic carbocycles. The summed E-state index contributed by atoms with van der Waals surface area (Å²) in [5.74, 6) is 3.55. The van der Waals surface area contributed by atoms with Crippen molar-refractivity contribution in [3.05, 3.63) is 4.91 Å². The average Bonchev–Trinajstić information content (AvgIpc) is 3.45. The second-order valence-corrected chi connectivity index (χ2v) is 17.2. The molecule has 7 rings (SSSR count). The third-order valence-electron chi connectivity index (χ3n) is 16.2. The zero-order chi connectivity index (χ0) is 30.4. The van der Waals surface area contributed by atoms with Crippen LogP contribution in [0.15, 0.2) is 5.18 Å². The molecule has 0 radical (unpaired) electrons. The number of amides is 2. The lowest BCUT2D eigenvalue weighted by Crippen LogP contribution is -2.66. The lowest BCUT2D eigenvalue weighted by molar-refractivity contribution is -0.226. The largest absolute Gasteiger partial charge is 0.378 e. The van der Waals surface area contributed by atoms with Gasteiger partial charge in [0.15, 0.2) is 0 Å². The maximum Gasteiger partial charge on any atom is 0.226 e. The molecule has 1 N–H and O–H groups in total. The molecule has 1 aliphatic heterocycles. The van der Waals surface area contributed by atoms with Gasteiger partial charge in [-0.25, -0.2) is 0 Å². The summed E-state index contributed by atoms with van der Waals surface area (Å²) in [6, 6.07) is 0.112. The summed E-state index contributed by atoms with van der Waals surface area (Å²) >= 11 is 0. The summed E-state index contributed by atoms with van der Waals surface area (Å²) in [7, 11) is 0. The predicted octanol–water partition coefficient (Wildman–Crippen LogP) is 6.59. The van der Waals surface area contributed by atoms with E-state index in [-0.39, 0.29) is 46.1 Å². The smallest absolute Gasteiger partial charge is 0.226 e. The van der Waals surface area contributed by atoms with Gasteiger partial charge in [-0.3, -0.25) is 9.59 Å². The predicted molar refractivity (Wildman–Crippen MR) is 167 cm³/mol. The minimum absolute atomic E-state index is 0.00666. The molecule has 7 heteroatoms. The highest BCUT2D eigenvalue weighted by molar-refractivity contribution is 5.85. The van der Waals surface area contributed by atoms with E-state index >= 15 is 0 Å². The Morgan fingerprint density at radius 3 is 2.30 bits per heavy atom. The van der Waals surface area contributed by atoms with Crippen LogP contribution < -0.4 is 5.32 Å². The van der Waals surface area contributed by atoms with Crippen LogP contribution in [0.5, 0.6) is 0 Å². The van der Waals surface area contributed by atoms with Gasteiger partial charge in [-0.1, -0.05) is 46.2 Å². The molecule has 0 aromatic rings. The van der Waals surface area contributed by atoms with Gasteiger partial charge < -0.3 is 15.0 Å². The quantitative estimate of drug-likeness (QED) is 0.372. The van der Waals surface area contributed by atoms with Crippen molar-refractivity contribution in [1.29, 1.82) is 0 Å². The first-order valence-electron chi connectivity index (χ1n) is 18.0. The summed E-state index contributed by atoms with van der Waals surface area (Å²) in [5.41, 5.74) is 0.600. The van der Waals surface area contributed by atoms with E-state index in [0.29, 0.717) is 67.2 Å². The molecule has 12 unspecified atom stereocenters. The molecular formula is C36H57N3O4. The maximum atomic E-state index is 14.3. The molecule has 1 heterocycles. The highest BCUT2D eigenvalue weighted by Crippen LogP contribution is 2.76. The van der Waals surface area contributed by atoms with Crippen LogP contribution in [0.25, 0.3) is 0 Å². The molecule has 7 nitrogen and oxygen atoms in total. The number of carbonyl (C=O) groups excluding carboxylic acids is 2. The molecule has 1 saturated heterocycles. The van der Waals surface area contributed by atoms with Crippen LogP contribution in [0.4, 0.5) is 0 Å². The van der Waals surface area contributed by atoms with Crippen LogP contribution in [0.2, 0.25) is 0 Å². The molecule has 240 valence electrons. The number of hydrogen-bond acceptors (Lipinski definition) is 5. The van der Waals surface area contributed by atoms with Gasteiger partial charge in [0.2, 0.25) is 11.8 Å². The number of hydrogen-bond donors (Lipinski definition) is 1. The van der Waals surface area contributed by atoms with Crippen LogP contribution >= 0.6 is 0 Å². The van der Waals surface area contributed by atoms with Crippen molar-refractivity contribution in [3.63, 3.8) is 0 Å². The van der Waals surface area contributed by atoms with E-state index in [1.54, 1.807) is 0 Å². The standard InChI is InChI=1S/C36H57N3O4/c1-22-24(31(40)39-17-19-43-20-18-39)21-29(22)37-32(41)36-12-6-7-27(36)26-8-9-30-33(3)13-11-28(38-42)23(2)25(33)10-14-35(30,5)34(26,4)15-16-36/h22-30H,6-21H2,1-5H3,(H,37,41)/t22?,23?,24?,25?,26?,27?,28?,29?,30?,33?,34-,35?,36?/m1/s1. The van der Waals surface area contributed by atoms with E-state index in [9.17, 15) is 14.5 Å². The van der Waals surface area contributed by atoms with Crippen LogP contribution in [0.3, 0.4) is 0 Å². The molecule has 7 aliphatic rings. The zero-order valence-corrected chi connectivity index (χ0v) is 27.5. The molecule has 7 fully saturated rings. The van der Waals surface area contributed by atoms with Gasteiger partial charge in [-0.05, 0) is 122 Å². The second-order valence-electron chi connectivity index (χ2n) is 17.2. The molecular weight excluding hydrogens is 538 g/mol. The monoisotopic (exact) mass is 595 g/mol. The summed E-state index contributed by atoms with van der Waals surface area (Å²) in [4.78, 5) is 41.1. The number of ether oxygens (including phenoxy) is 1. The van der Waals surface area contributed by atoms with E-state index in [1.165, 1.54) is 38.5 Å². The van der Waals surface area contributed by atoms with E-state index in [2.05, 4.69) is 45.1 Å². The van der Waals surface area contributed by atoms with E-state index in [1.807, 2.05) is 4.90 Å². The molecule has 2 amide bonds. The van der Waals surface area contributed by atoms with Crippen molar-refractivity contribution in [1.82, 2.24) is 10.2 Å². The topological polar surface area (TPSA) is 88.1 Å². The first kappa shape index (κ1) is 30.2. The lowest BCUT2D eigenvalue weighted by atomic mass is 9.33. The van der Waals surface area contributed by atoms with E-state index in [0.717, 1.165) is 38.5 Å². The summed E-state index contributed by atoms with van der Waals surface area (Å²) in [6.07, 6.45) is 13.4. The first-order chi connectivity index (χ1) is 20.5. The highest BCUT2D eigenvalue weighted by atomic mass is 16.5. The average molecular weight is 596 g/mol. The van der Waals surface area contributed by atoms with Crippen molar-refractivity contribution in [2.24, 2.45) is 68.3 Å². The van der Waals surface area contributed by atoms with Gasteiger partial charge in [0, 0.05) is 25.0 Å². The van der Waals surface area contributed by atoms with Crippen molar-refractivity contribution in [3.8, 4) is 0 Å². The lowest BCUT2D eigenvalue weighted by Gasteiger charge is -2.71. The molecule has 13 atom stereocenters. The van der Waals surface area contributed by atoms with Crippen LogP contribution in [0.1, 0.15) is 112 Å². The third-order valence-corrected chi connectivity index (χ3v) is 16.2. The molecule has 0 aromatic heterocycles. The maximum absolute atomic E-state index is 14.3. The summed E-state index contributed by atoms with van der Waals surface area (Å²) in [5, 5.41) is 7.12. The second kappa shape index (κ2) is 10.5. The molecule has 0 spiro atoms. The van der Waals surface area contributed by atoms with Crippen molar-refractivity contribution in [2.45, 2.75) is 124 Å². The van der Waals surface area contributed by atoms with E-state index in [4.69, 9.17) is 4.74 Å². The number of rotatable bonds is 4. The summed E-state index contributed by atoms with van der Waals surface area (Å²) in [6.45, 7) is 15.0. The fraction of sp³-hybridized carbons (Fsp3) is 0.944. The van der Waals surface area contributed by atoms with Crippen LogP contribution in [0, 0.1) is 68.0 Å². The van der Waals surface area contributed by atoms with E-state index < -0.39 is 0 Å². The van der Waals surface area contributed by atoms with Gasteiger partial charge in [0.05, 0.1) is 24.7 Å². The number of fused-ring (bicyclic) bond motifs is 7. The van der Waals surface area contributed by atoms with Gasteiger partial charge >= 0.3 is 0 Å². The normalized spacial score (nSPS) is 52.5. The minimum Gasteiger partial charge on any atom is -0.378 e. The highest BCUT2D eigenvalue weighted by Gasteiger charge is 2.70. The van der Waals surface area contributed by atoms with Gasteiger partial charge in [0.25, 0.3) is 0 Å². The van der Waals surface area contributed by atoms with Gasteiger partial charge in [0.1, 0.15) is 0 Å². The Kier molecular flexibility index (Phi) is 7.38. The Balaban J connectivity index is 1.07. The Morgan fingerprint density at radius 1 is 0.814 bits per heavy atom. The summed E-state index contributed by atoms with van der Waals surface area (Å²) < 4.78 is 5.44. The fourth-order valence-electron chi connectivity index (χ4n) is 13.4. The SMILES string of the molecule is CC1C(NC(=O)C23CCCC2C2CCC4C5(C)CCC(N=O)C(C)C5CCC4(C)[C@]2(C)CC3)CC1C(=O)N1CCOCC1. The molecule has 43 heavy (non-hydrogen) atoms. The van der Waals surface area contributed by atoms with Crippen molar-refractivity contribution in [2.75, 3.05) is 26.3 Å². The number of nitrogens with one attached hydrogen (secondary N) is 1. The Hall–Kier alpha value is -1.50. The molecule has 0 bridgehead atoms. The fourth-order valence-corrected chi connectivity index (χ4v) is 13.4. The Bertz CT molecular complexity index is 1140. The Labute approximate surface area is 259 Å². The van der Waals surface area contributed by atoms with Gasteiger partial charge in [-0.15, -0.1) is 0 Å². The minimum atomic E-state index is -0.226. The van der Waals surface area contributed by atoms with Gasteiger partial charge in [-0.2, -0.15) is 4.91 Å². The number of carbonyl (C=O) groups is 2. The third kappa shape index (κ3) is 4.13. The van der Waals surface area contributed by atoms with Crippen molar-refractivity contribution >= 4 is 11.8 Å². The zero-order valence-electron chi connectivity index (χ0n) is 27.5. The molecule has 6 saturated carbocycles.